The summed E-state index contributed by atoms with van der Waals surface area (Å²) in [5.74, 6) is -0.926. The zero-order chi connectivity index (χ0) is 10.8. The number of nitrogens with zero attached hydrogens (tertiary/aromatic N) is 1. The molecule has 0 aromatic heterocycles. The summed E-state index contributed by atoms with van der Waals surface area (Å²) in [6, 6.07) is 9.09. The minimum atomic E-state index is -0.537. The van der Waals surface area contributed by atoms with Gasteiger partial charge in [0.05, 0.1) is 5.69 Å². The second kappa shape index (κ2) is 3.73. The average Bonchev–Trinajstić information content (AvgIpc) is 2.55. The van der Waals surface area contributed by atoms with Crippen LogP contribution in [0.15, 0.2) is 30.3 Å². The van der Waals surface area contributed by atoms with Crippen molar-refractivity contribution < 1.29 is 9.59 Å². The van der Waals surface area contributed by atoms with Gasteiger partial charge in [-0.25, -0.2) is 5.01 Å². The molecule has 1 heterocycles. The van der Waals surface area contributed by atoms with Gasteiger partial charge in [-0.3, -0.25) is 15.0 Å². The molecule has 78 valence electrons. The highest BCUT2D eigenvalue weighted by atomic mass is 16.2. The summed E-state index contributed by atoms with van der Waals surface area (Å²) in [5.41, 5.74) is 3.27. The number of nitrogens with one attached hydrogen (secondary N) is 1. The molecule has 0 spiro atoms. The van der Waals surface area contributed by atoms with Crippen molar-refractivity contribution in [1.29, 1.82) is 0 Å². The number of hydrazine groups is 1. The van der Waals surface area contributed by atoms with Gasteiger partial charge in [-0.2, -0.15) is 0 Å². The van der Waals surface area contributed by atoms with Gasteiger partial charge in [0.1, 0.15) is 5.92 Å². The molecule has 0 saturated carbocycles. The molecule has 1 N–H and O–H groups in total. The first-order valence-electron chi connectivity index (χ1n) is 4.93. The molecule has 1 aromatic rings. The third kappa shape index (κ3) is 1.58. The highest BCUT2D eigenvalue weighted by Crippen LogP contribution is 2.20. The number of hydrogen-bond donors (Lipinski definition) is 1. The zero-order valence-corrected chi connectivity index (χ0v) is 8.43. The largest absolute Gasteiger partial charge is 0.272 e. The van der Waals surface area contributed by atoms with E-state index < -0.39 is 5.92 Å². The van der Waals surface area contributed by atoms with Crippen LogP contribution in [0.25, 0.3) is 0 Å². The summed E-state index contributed by atoms with van der Waals surface area (Å²) in [7, 11) is 0. The molecule has 1 fully saturated rings. The molecule has 1 aliphatic rings. The first kappa shape index (κ1) is 9.71. The van der Waals surface area contributed by atoms with Crippen molar-refractivity contribution in [1.82, 2.24) is 5.43 Å². The van der Waals surface area contributed by atoms with Crippen LogP contribution in [0, 0.1) is 5.92 Å². The Morgan fingerprint density at radius 3 is 2.47 bits per heavy atom. The summed E-state index contributed by atoms with van der Waals surface area (Å²) >= 11 is 0. The van der Waals surface area contributed by atoms with Crippen LogP contribution in [0.3, 0.4) is 0 Å². The fourth-order valence-corrected chi connectivity index (χ4v) is 1.64. The number of para-hydroxylation sites is 1. The maximum absolute atomic E-state index is 11.8. The highest BCUT2D eigenvalue weighted by Gasteiger charge is 2.38. The Morgan fingerprint density at radius 1 is 1.27 bits per heavy atom. The lowest BCUT2D eigenvalue weighted by molar-refractivity contribution is -0.127. The lowest BCUT2D eigenvalue weighted by atomic mass is 10.1. The van der Waals surface area contributed by atoms with Crippen LogP contribution in [0.1, 0.15) is 13.3 Å². The van der Waals surface area contributed by atoms with E-state index in [1.807, 2.05) is 25.1 Å². The van der Waals surface area contributed by atoms with Gasteiger partial charge in [0.2, 0.25) is 0 Å². The monoisotopic (exact) mass is 204 g/mol. The molecule has 2 rings (SSSR count). The molecule has 0 aliphatic carbocycles. The third-order valence-corrected chi connectivity index (χ3v) is 2.48. The number of anilines is 1. The lowest BCUT2D eigenvalue weighted by Crippen LogP contribution is -2.35. The predicted molar refractivity (Wildman–Crippen MR) is 55.9 cm³/mol. The number of hydrogen-bond acceptors (Lipinski definition) is 2. The standard InChI is InChI=1S/C11H12N2O2/c1-2-9-10(14)12-13(11(9)15)8-6-4-3-5-7-8/h3-7,9H,2H2,1H3,(H,12,14). The number of rotatable bonds is 2. The summed E-state index contributed by atoms with van der Waals surface area (Å²) < 4.78 is 0. The summed E-state index contributed by atoms with van der Waals surface area (Å²) in [5, 5.41) is 1.32. The molecule has 1 atom stereocenters. The summed E-state index contributed by atoms with van der Waals surface area (Å²) in [6.07, 6.45) is 0.536. The van der Waals surface area contributed by atoms with Crippen molar-refractivity contribution in [3.05, 3.63) is 30.3 Å². The van der Waals surface area contributed by atoms with Crippen molar-refractivity contribution in [3.63, 3.8) is 0 Å². The molecule has 4 heteroatoms. The van der Waals surface area contributed by atoms with E-state index in [0.29, 0.717) is 12.1 Å². The van der Waals surface area contributed by atoms with Crippen molar-refractivity contribution in [2.24, 2.45) is 5.92 Å². The number of benzene rings is 1. The van der Waals surface area contributed by atoms with Crippen molar-refractivity contribution >= 4 is 17.5 Å². The predicted octanol–water partition coefficient (Wildman–Crippen LogP) is 1.09. The molecule has 0 radical (unpaired) electrons. The van der Waals surface area contributed by atoms with Crippen LogP contribution in [-0.2, 0) is 9.59 Å². The molecule has 0 bridgehead atoms. The van der Waals surface area contributed by atoms with E-state index in [2.05, 4.69) is 5.43 Å². The van der Waals surface area contributed by atoms with E-state index in [0.717, 1.165) is 0 Å². The molecule has 1 unspecified atom stereocenters. The van der Waals surface area contributed by atoms with Gasteiger partial charge in [-0.1, -0.05) is 25.1 Å². The molecular formula is C11H12N2O2. The topological polar surface area (TPSA) is 49.4 Å². The van der Waals surface area contributed by atoms with Crippen LogP contribution >= 0.6 is 0 Å². The van der Waals surface area contributed by atoms with Crippen molar-refractivity contribution in [2.45, 2.75) is 13.3 Å². The Balaban J connectivity index is 2.27. The number of amides is 2. The summed E-state index contributed by atoms with van der Waals surface area (Å²) in [6.45, 7) is 1.83. The highest BCUT2D eigenvalue weighted by molar-refractivity contribution is 6.14. The molecule has 4 nitrogen and oxygen atoms in total. The Bertz CT molecular complexity index is 389. The molecule has 1 saturated heterocycles. The van der Waals surface area contributed by atoms with Gasteiger partial charge in [0, 0.05) is 0 Å². The van der Waals surface area contributed by atoms with Crippen molar-refractivity contribution in [2.75, 3.05) is 5.01 Å². The Labute approximate surface area is 87.9 Å². The summed E-state index contributed by atoms with van der Waals surface area (Å²) in [4.78, 5) is 23.2. The normalized spacial score (nSPS) is 20.6. The van der Waals surface area contributed by atoms with E-state index in [1.165, 1.54) is 5.01 Å². The lowest BCUT2D eigenvalue weighted by Gasteiger charge is -2.14. The fourth-order valence-electron chi connectivity index (χ4n) is 1.64. The molecule has 15 heavy (non-hydrogen) atoms. The van der Waals surface area contributed by atoms with Gasteiger partial charge in [0.25, 0.3) is 11.8 Å². The van der Waals surface area contributed by atoms with Crippen LogP contribution in [-0.4, -0.2) is 11.8 Å². The van der Waals surface area contributed by atoms with Crippen LogP contribution in [0.5, 0.6) is 0 Å². The first-order valence-corrected chi connectivity index (χ1v) is 4.93. The number of carbonyl (C=O) groups excluding carboxylic acids is 2. The van der Waals surface area contributed by atoms with Crippen LogP contribution in [0.4, 0.5) is 5.69 Å². The molecule has 1 aromatic carbocycles. The maximum atomic E-state index is 11.8. The zero-order valence-electron chi connectivity index (χ0n) is 8.43. The smallest absolute Gasteiger partial charge is 0.258 e. The third-order valence-electron chi connectivity index (χ3n) is 2.48. The van der Waals surface area contributed by atoms with Gasteiger partial charge in [-0.15, -0.1) is 0 Å². The van der Waals surface area contributed by atoms with Crippen LogP contribution < -0.4 is 10.4 Å². The fraction of sp³-hybridized carbons (Fsp3) is 0.273. The van der Waals surface area contributed by atoms with E-state index in [9.17, 15) is 9.59 Å². The minimum absolute atomic E-state index is 0.172. The molecular weight excluding hydrogens is 192 g/mol. The van der Waals surface area contributed by atoms with Gasteiger partial charge in [-0.05, 0) is 18.6 Å². The Kier molecular flexibility index (Phi) is 2.41. The Hall–Kier alpha value is -1.84. The second-order valence-corrected chi connectivity index (χ2v) is 3.45. The first-order chi connectivity index (χ1) is 7.24. The van der Waals surface area contributed by atoms with E-state index >= 15 is 0 Å². The van der Waals surface area contributed by atoms with Crippen LogP contribution in [0.2, 0.25) is 0 Å². The second-order valence-electron chi connectivity index (χ2n) is 3.45. The van der Waals surface area contributed by atoms with E-state index in [4.69, 9.17) is 0 Å². The van der Waals surface area contributed by atoms with Crippen molar-refractivity contribution in [3.8, 4) is 0 Å². The SMILES string of the molecule is CCC1C(=O)NN(c2ccccc2)C1=O. The van der Waals surface area contributed by atoms with Gasteiger partial charge < -0.3 is 0 Å². The molecule has 2 amide bonds. The van der Waals surface area contributed by atoms with E-state index in [1.54, 1.807) is 12.1 Å². The molecule has 1 aliphatic heterocycles. The van der Waals surface area contributed by atoms with E-state index in [-0.39, 0.29) is 11.8 Å². The van der Waals surface area contributed by atoms with Gasteiger partial charge in [0.15, 0.2) is 0 Å². The average molecular weight is 204 g/mol. The maximum Gasteiger partial charge on any atom is 0.258 e. The minimum Gasteiger partial charge on any atom is -0.272 e. The number of carbonyl (C=O) groups is 2. The quantitative estimate of drug-likeness (QED) is 0.733. The Morgan fingerprint density at radius 2 is 1.93 bits per heavy atom. The van der Waals surface area contributed by atoms with Gasteiger partial charge >= 0.3 is 0 Å².